The minimum atomic E-state index is -4.40. The van der Waals surface area contributed by atoms with Crippen LogP contribution in [0.15, 0.2) is 42.5 Å². The summed E-state index contributed by atoms with van der Waals surface area (Å²) < 4.78 is 37.7. The van der Waals surface area contributed by atoms with Gasteiger partial charge in [-0.3, -0.25) is 0 Å². The summed E-state index contributed by atoms with van der Waals surface area (Å²) >= 11 is -2.23. The van der Waals surface area contributed by atoms with Gasteiger partial charge in [-0.25, -0.2) is 0 Å². The molecule has 2 aromatic carbocycles. The van der Waals surface area contributed by atoms with Crippen LogP contribution in [0.5, 0.6) is 0 Å². The van der Waals surface area contributed by atoms with Gasteiger partial charge in [-0.2, -0.15) is 0 Å². The van der Waals surface area contributed by atoms with E-state index in [4.69, 9.17) is 0 Å². The normalized spacial score (nSPS) is 18.2. The molecule has 0 radical (unpaired) electrons. The van der Waals surface area contributed by atoms with E-state index in [1.54, 1.807) is 11.0 Å². The van der Waals surface area contributed by atoms with Crippen molar-refractivity contribution in [1.29, 1.82) is 0 Å². The quantitative estimate of drug-likeness (QED) is 0.613. The third kappa shape index (κ3) is 2.63. The van der Waals surface area contributed by atoms with Crippen molar-refractivity contribution in [2.24, 2.45) is 0 Å². The molecular weight excluding hydrogens is 335 g/mol. The van der Waals surface area contributed by atoms with E-state index < -0.39 is 24.0 Å². The Morgan fingerprint density at radius 3 is 2.58 bits per heavy atom. The number of hydrogen-bond acceptors (Lipinski definition) is 4. The first-order valence-electron chi connectivity index (χ1n) is 5.42. The fraction of sp³-hybridized carbons (Fsp3) is 0. The van der Waals surface area contributed by atoms with Gasteiger partial charge >= 0.3 is 116 Å². The van der Waals surface area contributed by atoms with Crippen molar-refractivity contribution in [3.8, 4) is 0 Å². The van der Waals surface area contributed by atoms with Crippen molar-refractivity contribution in [2.75, 3.05) is 0 Å². The zero-order valence-corrected chi connectivity index (χ0v) is 12.1. The van der Waals surface area contributed by atoms with Crippen LogP contribution < -0.4 is 18.4 Å². The molecule has 4 nitrogen and oxygen atoms in total. The Balaban J connectivity index is 2.16. The van der Waals surface area contributed by atoms with Gasteiger partial charge in [0.05, 0.1) is 0 Å². The number of halogens is 1. The number of hydrogen-bond donors (Lipinski definition) is 0. The summed E-state index contributed by atoms with van der Waals surface area (Å²) in [5.74, 6) is 0. The molecule has 1 unspecified atom stereocenters. The van der Waals surface area contributed by atoms with Crippen LogP contribution in [0.25, 0.3) is 16.8 Å². The van der Waals surface area contributed by atoms with Gasteiger partial charge in [-0.05, 0) is 0 Å². The standard InChI is InChI=1S/C13H9ClO4Se/c15-14(16,17)18-19-9-3-6-12-11-5-2-1-4-10(11)7-8-13(12)19/h1-9H. The van der Waals surface area contributed by atoms with E-state index in [9.17, 15) is 14.0 Å². The molecule has 1 heterocycles. The molecular formula is C13H9ClO4Se. The molecule has 6 heteroatoms. The Hall–Kier alpha value is -1.04. The number of rotatable bonds is 2. The molecule has 0 aromatic heterocycles. The molecule has 1 atom stereocenters. The third-order valence-corrected chi connectivity index (χ3v) is 7.38. The van der Waals surface area contributed by atoms with E-state index in [1.165, 1.54) is 0 Å². The average molecular weight is 344 g/mol. The van der Waals surface area contributed by atoms with Gasteiger partial charge in [-0.15, -0.1) is 0 Å². The summed E-state index contributed by atoms with van der Waals surface area (Å²) in [4.78, 5) is 1.67. The number of fused-ring (bicyclic) bond motifs is 3. The fourth-order valence-corrected chi connectivity index (χ4v) is 6.08. The van der Waals surface area contributed by atoms with E-state index >= 15 is 0 Å². The molecule has 0 saturated carbocycles. The molecule has 19 heavy (non-hydrogen) atoms. The van der Waals surface area contributed by atoms with Crippen molar-refractivity contribution in [3.63, 3.8) is 0 Å². The predicted molar refractivity (Wildman–Crippen MR) is 65.5 cm³/mol. The van der Waals surface area contributed by atoms with E-state index in [-0.39, 0.29) is 0 Å². The Labute approximate surface area is 116 Å². The predicted octanol–water partition coefficient (Wildman–Crippen LogP) is -1.64. The van der Waals surface area contributed by atoms with Gasteiger partial charge in [0.25, 0.3) is 0 Å². The van der Waals surface area contributed by atoms with Gasteiger partial charge in [0, 0.05) is 0 Å². The van der Waals surface area contributed by atoms with Gasteiger partial charge in [0.2, 0.25) is 0 Å². The zero-order chi connectivity index (χ0) is 13.5. The summed E-state index contributed by atoms with van der Waals surface area (Å²) in [5, 5.41) is 2.10. The molecule has 98 valence electrons. The van der Waals surface area contributed by atoms with Crippen LogP contribution in [-0.4, -0.2) is 18.7 Å². The molecule has 0 amide bonds. The summed E-state index contributed by atoms with van der Waals surface area (Å²) in [6, 6.07) is 11.6. The van der Waals surface area contributed by atoms with E-state index in [1.807, 2.05) is 42.5 Å². The van der Waals surface area contributed by atoms with Gasteiger partial charge in [0.15, 0.2) is 0 Å². The summed E-state index contributed by atoms with van der Waals surface area (Å²) in [6.07, 6.45) is 3.66. The second kappa shape index (κ2) is 4.81. The molecule has 0 bridgehead atoms. The zero-order valence-electron chi connectivity index (χ0n) is 9.62. The first-order chi connectivity index (χ1) is 9.04. The molecule has 0 aliphatic carbocycles. The molecule has 2 aromatic rings. The molecule has 0 fully saturated rings. The first-order valence-corrected chi connectivity index (χ1v) is 9.20. The second-order valence-corrected chi connectivity index (χ2v) is 8.35. The van der Waals surface area contributed by atoms with Crippen LogP contribution in [0, 0.1) is 10.2 Å². The van der Waals surface area contributed by atoms with E-state index in [2.05, 4.69) is 3.37 Å². The molecule has 1 aliphatic heterocycles. The molecule has 0 spiro atoms. The van der Waals surface area contributed by atoms with Crippen molar-refractivity contribution >= 4 is 40.0 Å². The Kier molecular flexibility index (Phi) is 3.28. The number of allylic oxidation sites excluding steroid dienone is 1. The fourth-order valence-electron chi connectivity index (χ4n) is 2.04. The maximum absolute atomic E-state index is 10.8. The van der Waals surface area contributed by atoms with Gasteiger partial charge in [0.1, 0.15) is 0 Å². The average Bonchev–Trinajstić information content (AvgIpc) is 2.37. The van der Waals surface area contributed by atoms with Crippen LogP contribution in [0.3, 0.4) is 0 Å². The van der Waals surface area contributed by atoms with Crippen LogP contribution in [-0.2, 0) is 3.37 Å². The Bertz CT molecular complexity index is 703. The van der Waals surface area contributed by atoms with Gasteiger partial charge in [-0.1, -0.05) is 0 Å². The number of benzene rings is 2. The molecule has 3 rings (SSSR count). The summed E-state index contributed by atoms with van der Waals surface area (Å²) in [5.41, 5.74) is 0.935. The van der Waals surface area contributed by atoms with Crippen LogP contribution >= 0.6 is 0 Å². The molecule has 1 aliphatic rings. The molecule has 0 N–H and O–H groups in total. The Morgan fingerprint density at radius 1 is 1.00 bits per heavy atom. The van der Waals surface area contributed by atoms with Crippen molar-refractivity contribution in [3.05, 3.63) is 48.0 Å². The topological polar surface area (TPSA) is 78.4 Å². The van der Waals surface area contributed by atoms with Crippen molar-refractivity contribution in [2.45, 2.75) is 0 Å². The van der Waals surface area contributed by atoms with Crippen LogP contribution in [0.4, 0.5) is 0 Å². The van der Waals surface area contributed by atoms with Crippen molar-refractivity contribution < 1.29 is 27.6 Å². The van der Waals surface area contributed by atoms with Crippen LogP contribution in [0.1, 0.15) is 5.56 Å². The Morgan fingerprint density at radius 2 is 1.79 bits per heavy atom. The summed E-state index contributed by atoms with van der Waals surface area (Å²) in [7, 11) is -4.40. The van der Waals surface area contributed by atoms with Crippen molar-refractivity contribution in [1.82, 2.24) is 0 Å². The summed E-state index contributed by atoms with van der Waals surface area (Å²) in [6.45, 7) is 0. The monoisotopic (exact) mass is 344 g/mol. The SMILES string of the molecule is [O-][Cl+3]([O-])([O-])O[Se]1=CC=Cc2c1ccc1ccccc21. The second-order valence-electron chi connectivity index (χ2n) is 3.93. The minimum absolute atomic E-state index is 0.799. The molecule has 0 saturated heterocycles. The van der Waals surface area contributed by atoms with Crippen LogP contribution in [0.2, 0.25) is 0 Å². The van der Waals surface area contributed by atoms with E-state index in [0.717, 1.165) is 20.8 Å². The van der Waals surface area contributed by atoms with E-state index in [0.29, 0.717) is 0 Å². The van der Waals surface area contributed by atoms with Gasteiger partial charge < -0.3 is 0 Å². The maximum atomic E-state index is 10.8. The first kappa shape index (κ1) is 13.0. The third-order valence-electron chi connectivity index (χ3n) is 2.76.